The largest absolute Gasteiger partial charge is 0.358 e. The fourth-order valence-corrected chi connectivity index (χ4v) is 2.73. The van der Waals surface area contributed by atoms with Crippen LogP contribution < -0.4 is 10.6 Å². The first-order valence-corrected chi connectivity index (χ1v) is 8.20. The van der Waals surface area contributed by atoms with Crippen LogP contribution in [0.1, 0.15) is 15.9 Å². The number of thiocarbonyl (C=S) groups is 1. The molecule has 0 fully saturated rings. The highest BCUT2D eigenvalue weighted by Gasteiger charge is 2.08. The normalized spacial score (nSPS) is 10.1. The lowest BCUT2D eigenvalue weighted by Gasteiger charge is -2.11. The minimum Gasteiger partial charge on any atom is -0.358 e. The van der Waals surface area contributed by atoms with Crippen LogP contribution in [0.4, 0.5) is 0 Å². The highest BCUT2D eigenvalue weighted by Crippen LogP contribution is 2.20. The van der Waals surface area contributed by atoms with Gasteiger partial charge in [-0.2, -0.15) is 0 Å². The van der Waals surface area contributed by atoms with E-state index in [-0.39, 0.29) is 11.0 Å². The van der Waals surface area contributed by atoms with Gasteiger partial charge in [0.15, 0.2) is 5.11 Å². The van der Waals surface area contributed by atoms with Crippen LogP contribution in [-0.4, -0.2) is 11.0 Å². The van der Waals surface area contributed by atoms with Crippen molar-refractivity contribution in [1.29, 1.82) is 0 Å². The highest BCUT2D eigenvalue weighted by molar-refractivity contribution is 9.10. The SMILES string of the molecule is O=C(NC(=S)NCc1ccc(Cl)cc1Cl)c1cccc(Br)c1. The fourth-order valence-electron chi connectivity index (χ4n) is 1.69. The van der Waals surface area contributed by atoms with Crippen molar-refractivity contribution >= 4 is 62.4 Å². The maximum atomic E-state index is 12.0. The molecule has 3 nitrogen and oxygen atoms in total. The number of carbonyl (C=O) groups excluding carboxylic acids is 1. The lowest BCUT2D eigenvalue weighted by molar-refractivity contribution is 0.0976. The van der Waals surface area contributed by atoms with Gasteiger partial charge in [-0.15, -0.1) is 0 Å². The molecule has 0 heterocycles. The monoisotopic (exact) mass is 416 g/mol. The van der Waals surface area contributed by atoms with E-state index in [2.05, 4.69) is 26.6 Å². The second-order valence-corrected chi connectivity index (χ2v) is 6.55. The van der Waals surface area contributed by atoms with Crippen LogP contribution in [0.25, 0.3) is 0 Å². The molecule has 0 unspecified atom stereocenters. The van der Waals surface area contributed by atoms with Gasteiger partial charge in [-0.25, -0.2) is 0 Å². The molecule has 0 saturated carbocycles. The quantitative estimate of drug-likeness (QED) is 0.719. The van der Waals surface area contributed by atoms with Gasteiger partial charge in [-0.05, 0) is 48.1 Å². The van der Waals surface area contributed by atoms with Crippen molar-refractivity contribution in [2.45, 2.75) is 6.54 Å². The number of rotatable bonds is 3. The van der Waals surface area contributed by atoms with Crippen molar-refractivity contribution in [3.63, 3.8) is 0 Å². The van der Waals surface area contributed by atoms with Gasteiger partial charge in [-0.3, -0.25) is 10.1 Å². The number of nitrogens with one attached hydrogen (secondary N) is 2. The number of amides is 1. The van der Waals surface area contributed by atoms with E-state index in [4.69, 9.17) is 35.4 Å². The molecule has 2 N–H and O–H groups in total. The lowest BCUT2D eigenvalue weighted by atomic mass is 10.2. The Morgan fingerprint density at radius 1 is 1.18 bits per heavy atom. The number of halogens is 3. The Kier molecular flexibility index (Phi) is 6.20. The zero-order valence-electron chi connectivity index (χ0n) is 11.2. The predicted molar refractivity (Wildman–Crippen MR) is 97.5 cm³/mol. The Bertz CT molecular complexity index is 724. The molecule has 0 spiro atoms. The summed E-state index contributed by atoms with van der Waals surface area (Å²) in [6.07, 6.45) is 0. The third kappa shape index (κ3) is 4.95. The average Bonchev–Trinajstić information content (AvgIpc) is 2.46. The molecule has 114 valence electrons. The number of hydrogen-bond donors (Lipinski definition) is 2. The Morgan fingerprint density at radius 3 is 2.64 bits per heavy atom. The minimum absolute atomic E-state index is 0.232. The smallest absolute Gasteiger partial charge is 0.257 e. The van der Waals surface area contributed by atoms with Crippen molar-refractivity contribution in [3.8, 4) is 0 Å². The van der Waals surface area contributed by atoms with Gasteiger partial charge < -0.3 is 5.32 Å². The van der Waals surface area contributed by atoms with Gasteiger partial charge in [0.1, 0.15) is 0 Å². The molecule has 2 rings (SSSR count). The van der Waals surface area contributed by atoms with Crippen LogP contribution in [0.5, 0.6) is 0 Å². The molecule has 0 aromatic heterocycles. The van der Waals surface area contributed by atoms with Crippen LogP contribution in [0.15, 0.2) is 46.9 Å². The van der Waals surface area contributed by atoms with Crippen molar-refractivity contribution < 1.29 is 4.79 Å². The number of hydrogen-bond acceptors (Lipinski definition) is 2. The first kappa shape index (κ1) is 17.2. The topological polar surface area (TPSA) is 41.1 Å². The Hall–Kier alpha value is -1.14. The molecule has 0 saturated heterocycles. The molecule has 0 bridgehead atoms. The summed E-state index contributed by atoms with van der Waals surface area (Å²) in [5, 5.41) is 6.89. The van der Waals surface area contributed by atoms with Gasteiger partial charge in [0.25, 0.3) is 5.91 Å². The summed E-state index contributed by atoms with van der Waals surface area (Å²) in [5.74, 6) is -0.277. The van der Waals surface area contributed by atoms with Crippen LogP contribution in [0.3, 0.4) is 0 Å². The molecule has 0 atom stereocenters. The van der Waals surface area contributed by atoms with Crippen molar-refractivity contribution in [2.75, 3.05) is 0 Å². The lowest BCUT2D eigenvalue weighted by Crippen LogP contribution is -2.38. The molecule has 0 aliphatic rings. The maximum absolute atomic E-state index is 12.0. The summed E-state index contributed by atoms with van der Waals surface area (Å²) in [6.45, 7) is 0.396. The zero-order valence-corrected chi connectivity index (χ0v) is 15.1. The van der Waals surface area contributed by atoms with Gasteiger partial charge in [0.05, 0.1) is 0 Å². The summed E-state index contributed by atoms with van der Waals surface area (Å²) < 4.78 is 0.826. The minimum atomic E-state index is -0.277. The fraction of sp³-hybridized carbons (Fsp3) is 0.0667. The molecular formula is C15H11BrCl2N2OS. The van der Waals surface area contributed by atoms with Gasteiger partial charge in [0.2, 0.25) is 0 Å². The third-order valence-electron chi connectivity index (χ3n) is 2.77. The molecule has 7 heteroatoms. The maximum Gasteiger partial charge on any atom is 0.257 e. The van der Waals surface area contributed by atoms with Crippen LogP contribution in [0, 0.1) is 0 Å². The van der Waals surface area contributed by atoms with E-state index in [0.717, 1.165) is 10.0 Å². The molecule has 0 radical (unpaired) electrons. The third-order valence-corrected chi connectivity index (χ3v) is 4.09. The van der Waals surface area contributed by atoms with E-state index < -0.39 is 0 Å². The molecule has 0 aliphatic carbocycles. The van der Waals surface area contributed by atoms with Crippen molar-refractivity contribution in [1.82, 2.24) is 10.6 Å². The molecule has 2 aromatic rings. The Labute approximate surface area is 152 Å². The molecule has 22 heavy (non-hydrogen) atoms. The second-order valence-electron chi connectivity index (χ2n) is 4.38. The molecular weight excluding hydrogens is 407 g/mol. The van der Waals surface area contributed by atoms with E-state index in [9.17, 15) is 4.79 Å². The predicted octanol–water partition coefficient (Wildman–Crippen LogP) is 4.56. The van der Waals surface area contributed by atoms with Crippen molar-refractivity contribution in [3.05, 3.63) is 68.1 Å². The molecule has 1 amide bonds. The average molecular weight is 418 g/mol. The second kappa shape index (κ2) is 7.92. The molecule has 0 aliphatic heterocycles. The Morgan fingerprint density at radius 2 is 1.95 bits per heavy atom. The van der Waals surface area contributed by atoms with E-state index in [0.29, 0.717) is 22.2 Å². The zero-order chi connectivity index (χ0) is 16.1. The standard InChI is InChI=1S/C15H11BrCl2N2OS/c16-11-3-1-2-9(6-11)14(21)20-15(22)19-8-10-4-5-12(17)7-13(10)18/h1-7H,8H2,(H2,19,20,21,22). The summed E-state index contributed by atoms with van der Waals surface area (Å²) in [7, 11) is 0. The van der Waals surface area contributed by atoms with Gasteiger partial charge in [0, 0.05) is 26.6 Å². The number of benzene rings is 2. The van der Waals surface area contributed by atoms with E-state index in [1.807, 2.05) is 6.07 Å². The highest BCUT2D eigenvalue weighted by atomic mass is 79.9. The van der Waals surface area contributed by atoms with Crippen LogP contribution in [0.2, 0.25) is 10.0 Å². The summed E-state index contributed by atoms with van der Waals surface area (Å²) in [6, 6.07) is 12.2. The summed E-state index contributed by atoms with van der Waals surface area (Å²) >= 11 is 20.3. The van der Waals surface area contributed by atoms with Crippen LogP contribution >= 0.6 is 51.3 Å². The summed E-state index contributed by atoms with van der Waals surface area (Å²) in [5.41, 5.74) is 1.35. The van der Waals surface area contributed by atoms with Gasteiger partial charge in [-0.1, -0.05) is 51.3 Å². The number of carbonyl (C=O) groups is 1. The van der Waals surface area contributed by atoms with Crippen molar-refractivity contribution in [2.24, 2.45) is 0 Å². The molecule has 2 aromatic carbocycles. The Balaban J connectivity index is 1.91. The first-order chi connectivity index (χ1) is 10.5. The van der Waals surface area contributed by atoms with E-state index in [1.54, 1.807) is 36.4 Å². The summed E-state index contributed by atoms with van der Waals surface area (Å²) in [4.78, 5) is 12.0. The first-order valence-electron chi connectivity index (χ1n) is 6.24. The van der Waals surface area contributed by atoms with E-state index >= 15 is 0 Å². The van der Waals surface area contributed by atoms with Gasteiger partial charge >= 0.3 is 0 Å². The van der Waals surface area contributed by atoms with Crippen LogP contribution in [-0.2, 0) is 6.54 Å². The van der Waals surface area contributed by atoms with E-state index in [1.165, 1.54) is 0 Å².